The minimum atomic E-state index is 0.268. The van der Waals surface area contributed by atoms with Crippen molar-refractivity contribution in [2.45, 2.75) is 19.3 Å². The van der Waals surface area contributed by atoms with Crippen LogP contribution in [0.2, 0.25) is 0 Å². The summed E-state index contributed by atoms with van der Waals surface area (Å²) in [6, 6.07) is 0. The van der Waals surface area contributed by atoms with Crippen LogP contribution >= 0.6 is 22.6 Å². The lowest BCUT2D eigenvalue weighted by atomic mass is 10.4. The first-order chi connectivity index (χ1) is 4.84. The third-order valence-electron chi connectivity index (χ3n) is 1.56. The van der Waals surface area contributed by atoms with Crippen molar-refractivity contribution in [1.29, 1.82) is 0 Å². The molecule has 2 nitrogen and oxygen atoms in total. The zero-order chi connectivity index (χ0) is 7.40. The predicted octanol–water partition coefficient (Wildman–Crippen LogP) is 1.34. The number of amides is 1. The summed E-state index contributed by atoms with van der Waals surface area (Å²) in [6.45, 7) is 0.859. The summed E-state index contributed by atoms with van der Waals surface area (Å²) in [5, 5.41) is 2.90. The highest BCUT2D eigenvalue weighted by molar-refractivity contribution is 14.1. The van der Waals surface area contributed by atoms with Crippen LogP contribution in [-0.2, 0) is 4.79 Å². The molecule has 1 saturated carbocycles. The first-order valence-electron chi connectivity index (χ1n) is 3.68. The molecular formula is C7H12INO. The van der Waals surface area contributed by atoms with Crippen LogP contribution in [0.3, 0.4) is 0 Å². The maximum Gasteiger partial charge on any atom is 0.223 e. The Hall–Kier alpha value is 0.200. The van der Waals surface area contributed by atoms with Gasteiger partial charge in [0.25, 0.3) is 0 Å². The van der Waals surface area contributed by atoms with Gasteiger partial charge in [-0.2, -0.15) is 0 Å². The van der Waals surface area contributed by atoms with Gasteiger partial charge in [0.15, 0.2) is 0 Å². The molecule has 10 heavy (non-hydrogen) atoms. The predicted molar refractivity (Wildman–Crippen MR) is 49.2 cm³/mol. The summed E-state index contributed by atoms with van der Waals surface area (Å²) >= 11 is 2.32. The van der Waals surface area contributed by atoms with E-state index in [1.807, 2.05) is 0 Å². The molecule has 0 radical (unpaired) electrons. The van der Waals surface area contributed by atoms with Crippen LogP contribution in [0.1, 0.15) is 19.3 Å². The van der Waals surface area contributed by atoms with Crippen LogP contribution in [0, 0.1) is 5.92 Å². The molecule has 0 saturated heterocycles. The van der Waals surface area contributed by atoms with Crippen LogP contribution in [-0.4, -0.2) is 16.9 Å². The monoisotopic (exact) mass is 253 g/mol. The SMILES string of the molecule is O=C(NCCCI)C1CC1. The highest BCUT2D eigenvalue weighted by Gasteiger charge is 2.28. The normalized spacial score (nSPS) is 16.9. The maximum atomic E-state index is 11.0. The van der Waals surface area contributed by atoms with E-state index < -0.39 is 0 Å². The summed E-state index contributed by atoms with van der Waals surface area (Å²) in [6.07, 6.45) is 3.31. The molecule has 1 fully saturated rings. The number of halogens is 1. The number of alkyl halides is 1. The molecule has 58 valence electrons. The van der Waals surface area contributed by atoms with Crippen molar-refractivity contribution in [3.8, 4) is 0 Å². The Kier molecular flexibility index (Phi) is 3.45. The van der Waals surface area contributed by atoms with Gasteiger partial charge in [0, 0.05) is 16.9 Å². The Bertz CT molecular complexity index is 123. The van der Waals surface area contributed by atoms with Crippen molar-refractivity contribution in [2.75, 3.05) is 11.0 Å². The van der Waals surface area contributed by atoms with Crippen molar-refractivity contribution in [2.24, 2.45) is 5.92 Å². The molecule has 0 aromatic carbocycles. The molecule has 1 rings (SSSR count). The summed E-state index contributed by atoms with van der Waals surface area (Å²) in [4.78, 5) is 11.0. The highest BCUT2D eigenvalue weighted by Crippen LogP contribution is 2.28. The van der Waals surface area contributed by atoms with E-state index in [1.165, 1.54) is 0 Å². The molecule has 1 aliphatic rings. The Labute approximate surface area is 74.9 Å². The Morgan fingerprint density at radius 3 is 2.80 bits per heavy atom. The molecule has 0 aromatic rings. The van der Waals surface area contributed by atoms with Crippen molar-refractivity contribution < 1.29 is 4.79 Å². The minimum Gasteiger partial charge on any atom is -0.356 e. The van der Waals surface area contributed by atoms with Crippen LogP contribution in [0.5, 0.6) is 0 Å². The number of carbonyl (C=O) groups excluding carboxylic acids is 1. The highest BCUT2D eigenvalue weighted by atomic mass is 127. The van der Waals surface area contributed by atoms with Crippen LogP contribution in [0.15, 0.2) is 0 Å². The van der Waals surface area contributed by atoms with Crippen molar-refractivity contribution >= 4 is 28.5 Å². The van der Waals surface area contributed by atoms with Crippen LogP contribution < -0.4 is 5.32 Å². The van der Waals surface area contributed by atoms with Crippen molar-refractivity contribution in [3.05, 3.63) is 0 Å². The van der Waals surface area contributed by atoms with Crippen LogP contribution in [0.25, 0.3) is 0 Å². The third-order valence-corrected chi connectivity index (χ3v) is 2.32. The third kappa shape index (κ3) is 2.86. The second kappa shape index (κ2) is 4.16. The van der Waals surface area contributed by atoms with Crippen molar-refractivity contribution in [3.63, 3.8) is 0 Å². The van der Waals surface area contributed by atoms with E-state index in [9.17, 15) is 4.79 Å². The fraction of sp³-hybridized carbons (Fsp3) is 0.857. The van der Waals surface area contributed by atoms with Gasteiger partial charge in [0.1, 0.15) is 0 Å². The van der Waals surface area contributed by atoms with E-state index in [2.05, 4.69) is 27.9 Å². The number of carbonyl (C=O) groups is 1. The zero-order valence-electron chi connectivity index (χ0n) is 5.90. The first-order valence-corrected chi connectivity index (χ1v) is 5.21. The van der Waals surface area contributed by atoms with Gasteiger partial charge in [0.05, 0.1) is 0 Å². The van der Waals surface area contributed by atoms with Gasteiger partial charge < -0.3 is 5.32 Å². The second-order valence-corrected chi connectivity index (χ2v) is 3.69. The average Bonchev–Trinajstić information content (AvgIpc) is 2.69. The van der Waals surface area contributed by atoms with E-state index in [-0.39, 0.29) is 5.91 Å². The summed E-state index contributed by atoms with van der Waals surface area (Å²) in [7, 11) is 0. The molecule has 3 heteroatoms. The Morgan fingerprint density at radius 1 is 1.60 bits per heavy atom. The van der Waals surface area contributed by atoms with Gasteiger partial charge in [0.2, 0.25) is 5.91 Å². The summed E-state index contributed by atoms with van der Waals surface area (Å²) < 4.78 is 1.13. The lowest BCUT2D eigenvalue weighted by Gasteiger charge is -2.00. The number of hydrogen-bond acceptors (Lipinski definition) is 1. The van der Waals surface area contributed by atoms with E-state index in [0.717, 1.165) is 30.2 Å². The van der Waals surface area contributed by atoms with Gasteiger partial charge in [-0.3, -0.25) is 4.79 Å². The molecule has 0 atom stereocenters. The Morgan fingerprint density at radius 2 is 2.30 bits per heavy atom. The summed E-state index contributed by atoms with van der Waals surface area (Å²) in [5.41, 5.74) is 0. The average molecular weight is 253 g/mol. The molecule has 1 amide bonds. The lowest BCUT2D eigenvalue weighted by molar-refractivity contribution is -0.122. The number of rotatable bonds is 4. The largest absolute Gasteiger partial charge is 0.356 e. The van der Waals surface area contributed by atoms with E-state index >= 15 is 0 Å². The van der Waals surface area contributed by atoms with Crippen molar-refractivity contribution in [1.82, 2.24) is 5.32 Å². The van der Waals surface area contributed by atoms with E-state index in [0.29, 0.717) is 5.92 Å². The van der Waals surface area contributed by atoms with E-state index in [1.54, 1.807) is 0 Å². The maximum absolute atomic E-state index is 11.0. The van der Waals surface area contributed by atoms with Gasteiger partial charge in [-0.25, -0.2) is 0 Å². The molecule has 0 heterocycles. The van der Waals surface area contributed by atoms with Gasteiger partial charge in [-0.15, -0.1) is 0 Å². The number of nitrogens with one attached hydrogen (secondary N) is 1. The standard InChI is InChI=1S/C7H12INO/c8-4-1-5-9-7(10)6-2-3-6/h6H,1-5H2,(H,9,10). The van der Waals surface area contributed by atoms with Gasteiger partial charge >= 0.3 is 0 Å². The number of hydrogen-bond donors (Lipinski definition) is 1. The quantitative estimate of drug-likeness (QED) is 0.457. The van der Waals surface area contributed by atoms with Gasteiger partial charge in [-0.1, -0.05) is 22.6 Å². The second-order valence-electron chi connectivity index (χ2n) is 2.61. The fourth-order valence-corrected chi connectivity index (χ4v) is 1.15. The molecule has 1 aliphatic carbocycles. The molecule has 0 aliphatic heterocycles. The zero-order valence-corrected chi connectivity index (χ0v) is 8.06. The van der Waals surface area contributed by atoms with Gasteiger partial charge in [-0.05, 0) is 19.3 Å². The molecule has 0 aromatic heterocycles. The fourth-order valence-electron chi connectivity index (χ4n) is 0.768. The minimum absolute atomic E-state index is 0.268. The lowest BCUT2D eigenvalue weighted by Crippen LogP contribution is -2.25. The first kappa shape index (κ1) is 8.30. The molecule has 0 spiro atoms. The molecule has 1 N–H and O–H groups in total. The Balaban J connectivity index is 1.95. The molecular weight excluding hydrogens is 241 g/mol. The smallest absolute Gasteiger partial charge is 0.223 e. The molecule has 0 unspecified atom stereocenters. The van der Waals surface area contributed by atoms with E-state index in [4.69, 9.17) is 0 Å². The topological polar surface area (TPSA) is 29.1 Å². The molecule has 0 bridgehead atoms. The summed E-state index contributed by atoms with van der Waals surface area (Å²) in [5.74, 6) is 0.638. The van der Waals surface area contributed by atoms with Crippen LogP contribution in [0.4, 0.5) is 0 Å².